The Kier molecular flexibility index (Phi) is 6.80. The molecule has 7 heteroatoms. The summed E-state index contributed by atoms with van der Waals surface area (Å²) in [6.07, 6.45) is 0.489. The largest absolute Gasteiger partial charge is 0.393 e. The van der Waals surface area contributed by atoms with Gasteiger partial charge in [-0.15, -0.1) is 0 Å². The van der Waals surface area contributed by atoms with Crippen LogP contribution in [0.2, 0.25) is 0 Å². The first-order valence-corrected chi connectivity index (χ1v) is 8.34. The van der Waals surface area contributed by atoms with Gasteiger partial charge in [0.25, 0.3) is 0 Å². The fraction of sp³-hybridized carbons (Fsp3) is 0.500. The minimum Gasteiger partial charge on any atom is -0.393 e. The van der Waals surface area contributed by atoms with E-state index in [0.717, 1.165) is 5.56 Å². The highest BCUT2D eigenvalue weighted by Crippen LogP contribution is 2.10. The molecule has 21 heavy (non-hydrogen) atoms. The lowest BCUT2D eigenvalue weighted by molar-refractivity contribution is -0.119. The second kappa shape index (κ2) is 8.11. The monoisotopic (exact) mass is 314 g/mol. The minimum atomic E-state index is -3.56. The predicted molar refractivity (Wildman–Crippen MR) is 80.1 cm³/mol. The normalized spacial score (nSPS) is 12.9. The summed E-state index contributed by atoms with van der Waals surface area (Å²) in [4.78, 5) is 11.0. The number of aliphatic hydroxyl groups excluding tert-OH is 1. The van der Waals surface area contributed by atoms with Crippen LogP contribution < -0.4 is 10.0 Å². The second-order valence-corrected chi connectivity index (χ2v) is 6.57. The molecule has 0 aliphatic heterocycles. The molecule has 0 saturated heterocycles. The molecule has 0 bridgehead atoms. The van der Waals surface area contributed by atoms with E-state index in [1.165, 1.54) is 19.1 Å². The highest BCUT2D eigenvalue weighted by atomic mass is 32.2. The summed E-state index contributed by atoms with van der Waals surface area (Å²) in [7, 11) is -3.56. The number of rotatable bonds is 8. The molecule has 1 atom stereocenters. The van der Waals surface area contributed by atoms with Crippen molar-refractivity contribution in [2.75, 3.05) is 6.54 Å². The van der Waals surface area contributed by atoms with Crippen molar-refractivity contribution in [2.45, 2.75) is 44.2 Å². The number of nitrogens with one attached hydrogen (secondary N) is 2. The molecule has 6 nitrogen and oxygen atoms in total. The maximum atomic E-state index is 12.0. The van der Waals surface area contributed by atoms with Gasteiger partial charge < -0.3 is 10.4 Å². The average molecular weight is 314 g/mol. The molecule has 0 heterocycles. The molecule has 1 rings (SSSR count). The van der Waals surface area contributed by atoms with Crippen molar-refractivity contribution in [3.8, 4) is 0 Å². The number of amides is 1. The fourth-order valence-electron chi connectivity index (χ4n) is 1.66. The molecule has 0 aliphatic rings. The van der Waals surface area contributed by atoms with E-state index in [0.29, 0.717) is 19.4 Å². The standard InChI is InChI=1S/C14H22N2O4S/c1-3-13(18)8-9-16-21(19,20)14-6-4-12(5-7-14)10-15-11(2)17/h4-7,13,16,18H,3,8-10H2,1-2H3,(H,15,17). The second-order valence-electron chi connectivity index (χ2n) is 4.80. The first-order valence-electron chi connectivity index (χ1n) is 6.86. The average Bonchev–Trinajstić information content (AvgIpc) is 2.45. The summed E-state index contributed by atoms with van der Waals surface area (Å²) < 4.78 is 26.5. The molecule has 1 amide bonds. The van der Waals surface area contributed by atoms with E-state index in [2.05, 4.69) is 10.0 Å². The maximum Gasteiger partial charge on any atom is 0.240 e. The van der Waals surface area contributed by atoms with Gasteiger partial charge >= 0.3 is 0 Å². The quantitative estimate of drug-likeness (QED) is 0.660. The molecule has 0 saturated carbocycles. The molecule has 1 aromatic carbocycles. The topological polar surface area (TPSA) is 95.5 Å². The Morgan fingerprint density at radius 1 is 1.29 bits per heavy atom. The van der Waals surface area contributed by atoms with E-state index < -0.39 is 16.1 Å². The molecule has 118 valence electrons. The summed E-state index contributed by atoms with van der Waals surface area (Å²) in [6, 6.07) is 6.31. The molecule has 0 spiro atoms. The Labute approximate surface area is 125 Å². The predicted octanol–water partition coefficient (Wildman–Crippen LogP) is 0.762. The van der Waals surface area contributed by atoms with E-state index in [1.807, 2.05) is 6.92 Å². The molecule has 3 N–H and O–H groups in total. The molecule has 0 fully saturated rings. The third-order valence-electron chi connectivity index (χ3n) is 3.02. The van der Waals surface area contributed by atoms with Gasteiger partial charge in [-0.05, 0) is 30.5 Å². The Hall–Kier alpha value is -1.44. The SMILES string of the molecule is CCC(O)CCNS(=O)(=O)c1ccc(CNC(C)=O)cc1. The van der Waals surface area contributed by atoms with Crippen LogP contribution in [-0.2, 0) is 21.4 Å². The zero-order valence-electron chi connectivity index (χ0n) is 12.3. The Morgan fingerprint density at radius 3 is 2.43 bits per heavy atom. The lowest BCUT2D eigenvalue weighted by atomic mass is 10.2. The van der Waals surface area contributed by atoms with Gasteiger partial charge in [0.05, 0.1) is 11.0 Å². The van der Waals surface area contributed by atoms with Gasteiger partial charge in [0, 0.05) is 20.0 Å². The van der Waals surface area contributed by atoms with Crippen LogP contribution in [0.15, 0.2) is 29.2 Å². The molecular weight excluding hydrogens is 292 g/mol. The van der Waals surface area contributed by atoms with Crippen LogP contribution in [0.1, 0.15) is 32.3 Å². The molecule has 0 aliphatic carbocycles. The van der Waals surface area contributed by atoms with Gasteiger partial charge in [-0.2, -0.15) is 0 Å². The number of hydrogen-bond acceptors (Lipinski definition) is 4. The van der Waals surface area contributed by atoms with E-state index >= 15 is 0 Å². The lowest BCUT2D eigenvalue weighted by Gasteiger charge is -2.10. The number of carbonyl (C=O) groups is 1. The van der Waals surface area contributed by atoms with E-state index in [9.17, 15) is 18.3 Å². The maximum absolute atomic E-state index is 12.0. The third-order valence-corrected chi connectivity index (χ3v) is 4.49. The fourth-order valence-corrected chi connectivity index (χ4v) is 2.71. The van der Waals surface area contributed by atoms with Crippen molar-refractivity contribution in [2.24, 2.45) is 0 Å². The number of benzene rings is 1. The van der Waals surface area contributed by atoms with Gasteiger partial charge in [0.15, 0.2) is 0 Å². The van der Waals surface area contributed by atoms with Crippen molar-refractivity contribution in [3.05, 3.63) is 29.8 Å². The molecule has 1 aromatic rings. The van der Waals surface area contributed by atoms with E-state index in [4.69, 9.17) is 0 Å². The highest BCUT2D eigenvalue weighted by Gasteiger charge is 2.13. The lowest BCUT2D eigenvalue weighted by Crippen LogP contribution is -2.27. The summed E-state index contributed by atoms with van der Waals surface area (Å²) in [5.41, 5.74) is 0.825. The van der Waals surface area contributed by atoms with E-state index in [-0.39, 0.29) is 17.3 Å². The van der Waals surface area contributed by atoms with E-state index in [1.54, 1.807) is 12.1 Å². The number of sulfonamides is 1. The van der Waals surface area contributed by atoms with Crippen molar-refractivity contribution in [1.29, 1.82) is 0 Å². The van der Waals surface area contributed by atoms with Gasteiger partial charge in [-0.1, -0.05) is 19.1 Å². The van der Waals surface area contributed by atoms with Crippen LogP contribution in [0.5, 0.6) is 0 Å². The molecule has 0 radical (unpaired) electrons. The van der Waals surface area contributed by atoms with Crippen LogP contribution in [-0.4, -0.2) is 32.1 Å². The van der Waals surface area contributed by atoms with Crippen molar-refractivity contribution in [1.82, 2.24) is 10.0 Å². The number of hydrogen-bond donors (Lipinski definition) is 3. The number of carbonyl (C=O) groups excluding carboxylic acids is 1. The van der Waals surface area contributed by atoms with Gasteiger partial charge in [-0.25, -0.2) is 13.1 Å². The molecular formula is C14H22N2O4S. The summed E-state index contributed by atoms with van der Waals surface area (Å²) in [6.45, 7) is 3.83. The molecule has 1 unspecified atom stereocenters. The van der Waals surface area contributed by atoms with Crippen LogP contribution in [0.25, 0.3) is 0 Å². The summed E-state index contributed by atoms with van der Waals surface area (Å²) >= 11 is 0. The van der Waals surface area contributed by atoms with Gasteiger partial charge in [-0.3, -0.25) is 4.79 Å². The minimum absolute atomic E-state index is 0.136. The summed E-state index contributed by atoms with van der Waals surface area (Å²) in [5, 5.41) is 12.0. The zero-order chi connectivity index (χ0) is 15.9. The highest BCUT2D eigenvalue weighted by molar-refractivity contribution is 7.89. The molecule has 0 aromatic heterocycles. The summed E-state index contributed by atoms with van der Waals surface area (Å²) in [5.74, 6) is -0.136. The smallest absolute Gasteiger partial charge is 0.240 e. The Morgan fingerprint density at radius 2 is 1.90 bits per heavy atom. The third kappa shape index (κ3) is 6.24. The zero-order valence-corrected chi connectivity index (χ0v) is 13.1. The first kappa shape index (κ1) is 17.6. The van der Waals surface area contributed by atoms with Crippen LogP contribution in [0.4, 0.5) is 0 Å². The van der Waals surface area contributed by atoms with Gasteiger partial charge in [0.1, 0.15) is 0 Å². The van der Waals surface area contributed by atoms with Crippen molar-refractivity contribution >= 4 is 15.9 Å². The number of aliphatic hydroxyl groups is 1. The van der Waals surface area contributed by atoms with Crippen molar-refractivity contribution in [3.63, 3.8) is 0 Å². The first-order chi connectivity index (χ1) is 9.85. The van der Waals surface area contributed by atoms with Gasteiger partial charge in [0.2, 0.25) is 15.9 Å². The Bertz CT molecular complexity index is 555. The van der Waals surface area contributed by atoms with Crippen LogP contribution in [0, 0.1) is 0 Å². The van der Waals surface area contributed by atoms with Crippen molar-refractivity contribution < 1.29 is 18.3 Å². The van der Waals surface area contributed by atoms with Crippen LogP contribution in [0.3, 0.4) is 0 Å². The Balaban J connectivity index is 2.60. The van der Waals surface area contributed by atoms with Crippen LogP contribution >= 0.6 is 0 Å².